The van der Waals surface area contributed by atoms with Crippen molar-refractivity contribution in [3.8, 4) is 0 Å². The fourth-order valence-electron chi connectivity index (χ4n) is 2.38. The van der Waals surface area contributed by atoms with Crippen LogP contribution in [-0.4, -0.2) is 43.5 Å². The van der Waals surface area contributed by atoms with Gasteiger partial charge in [0, 0.05) is 44.1 Å². The predicted molar refractivity (Wildman–Crippen MR) is 68.5 cm³/mol. The monoisotopic (exact) mass is 251 g/mol. The Hall–Kier alpha value is -0.910. The van der Waals surface area contributed by atoms with Crippen molar-refractivity contribution in [1.82, 2.24) is 15.5 Å². The van der Waals surface area contributed by atoms with Crippen LogP contribution in [0.15, 0.2) is 6.07 Å². The van der Waals surface area contributed by atoms with Crippen molar-refractivity contribution in [3.63, 3.8) is 0 Å². The van der Waals surface area contributed by atoms with Gasteiger partial charge in [0.25, 0.3) is 5.91 Å². The minimum atomic E-state index is 0.214. The molecule has 2 aliphatic rings. The Balaban J connectivity index is 1.78. The number of amides is 1. The summed E-state index contributed by atoms with van der Waals surface area (Å²) in [6.45, 7) is 5.45. The van der Waals surface area contributed by atoms with Gasteiger partial charge in [0.2, 0.25) is 0 Å². The minimum Gasteiger partial charge on any atom is -0.335 e. The van der Waals surface area contributed by atoms with Crippen LogP contribution in [0, 0.1) is 0 Å². The summed E-state index contributed by atoms with van der Waals surface area (Å²) in [6, 6.07) is 2.08. The highest BCUT2D eigenvalue weighted by Crippen LogP contribution is 2.26. The molecule has 2 N–H and O–H groups in total. The number of thiophene rings is 1. The molecular formula is C12H17N3OS. The maximum Gasteiger partial charge on any atom is 0.264 e. The van der Waals surface area contributed by atoms with Gasteiger partial charge in [0.05, 0.1) is 4.88 Å². The lowest BCUT2D eigenvalue weighted by molar-refractivity contribution is 0.0740. The molecule has 1 saturated heterocycles. The van der Waals surface area contributed by atoms with E-state index < -0.39 is 0 Å². The van der Waals surface area contributed by atoms with Crippen LogP contribution in [0.4, 0.5) is 0 Å². The molecule has 0 aliphatic carbocycles. The van der Waals surface area contributed by atoms with Crippen molar-refractivity contribution in [1.29, 1.82) is 0 Å². The number of hydrogen-bond donors (Lipinski definition) is 2. The number of hydrogen-bond acceptors (Lipinski definition) is 4. The molecule has 0 spiro atoms. The molecule has 1 aromatic rings. The summed E-state index contributed by atoms with van der Waals surface area (Å²) in [5, 5.41) is 6.61. The first-order chi connectivity index (χ1) is 8.34. The van der Waals surface area contributed by atoms with E-state index in [0.717, 1.165) is 50.6 Å². The van der Waals surface area contributed by atoms with E-state index >= 15 is 0 Å². The van der Waals surface area contributed by atoms with Gasteiger partial charge in [-0.1, -0.05) is 0 Å². The van der Waals surface area contributed by atoms with Gasteiger partial charge in [-0.3, -0.25) is 4.79 Å². The van der Waals surface area contributed by atoms with Gasteiger partial charge in [-0.15, -0.1) is 11.3 Å². The van der Waals surface area contributed by atoms with Crippen LogP contribution in [0.1, 0.15) is 20.1 Å². The van der Waals surface area contributed by atoms with Gasteiger partial charge in [0.1, 0.15) is 0 Å². The van der Waals surface area contributed by atoms with Gasteiger partial charge in [-0.05, 0) is 18.1 Å². The highest BCUT2D eigenvalue weighted by Gasteiger charge is 2.22. The summed E-state index contributed by atoms with van der Waals surface area (Å²) in [7, 11) is 0. The third-order valence-electron chi connectivity index (χ3n) is 3.36. The third-order valence-corrected chi connectivity index (χ3v) is 4.58. The molecule has 0 unspecified atom stereocenters. The average molecular weight is 251 g/mol. The molecule has 17 heavy (non-hydrogen) atoms. The molecule has 92 valence electrons. The molecule has 5 heteroatoms. The largest absolute Gasteiger partial charge is 0.335 e. The second kappa shape index (κ2) is 4.76. The number of nitrogens with one attached hydrogen (secondary N) is 2. The van der Waals surface area contributed by atoms with Crippen molar-refractivity contribution in [2.24, 2.45) is 0 Å². The summed E-state index contributed by atoms with van der Waals surface area (Å²) in [6.07, 6.45) is 1.06. The number of carbonyl (C=O) groups excluding carboxylic acids is 1. The minimum absolute atomic E-state index is 0.214. The first kappa shape index (κ1) is 11.2. The van der Waals surface area contributed by atoms with Crippen LogP contribution < -0.4 is 10.6 Å². The van der Waals surface area contributed by atoms with Crippen LogP contribution in [0.3, 0.4) is 0 Å². The second-order valence-electron chi connectivity index (χ2n) is 4.53. The lowest BCUT2D eigenvalue weighted by atomic mass is 10.1. The number of piperazine rings is 1. The first-order valence-electron chi connectivity index (χ1n) is 6.17. The molecule has 1 aromatic heterocycles. The second-order valence-corrected chi connectivity index (χ2v) is 5.66. The van der Waals surface area contributed by atoms with E-state index in [1.54, 1.807) is 11.3 Å². The van der Waals surface area contributed by atoms with Crippen molar-refractivity contribution >= 4 is 17.2 Å². The first-order valence-corrected chi connectivity index (χ1v) is 6.98. The highest BCUT2D eigenvalue weighted by atomic mass is 32.1. The highest BCUT2D eigenvalue weighted by molar-refractivity contribution is 7.14. The Morgan fingerprint density at radius 2 is 2.06 bits per heavy atom. The van der Waals surface area contributed by atoms with E-state index in [-0.39, 0.29) is 5.91 Å². The molecule has 0 saturated carbocycles. The van der Waals surface area contributed by atoms with E-state index in [0.29, 0.717) is 0 Å². The molecule has 0 radical (unpaired) electrons. The van der Waals surface area contributed by atoms with Gasteiger partial charge in [0.15, 0.2) is 0 Å². The van der Waals surface area contributed by atoms with E-state index in [9.17, 15) is 4.79 Å². The topological polar surface area (TPSA) is 44.4 Å². The van der Waals surface area contributed by atoms with Crippen LogP contribution in [-0.2, 0) is 13.0 Å². The molecule has 2 aliphatic heterocycles. The maximum atomic E-state index is 12.3. The summed E-state index contributed by atoms with van der Waals surface area (Å²) in [5.74, 6) is 0.214. The Bertz CT molecular complexity index is 400. The Kier molecular flexibility index (Phi) is 3.13. The van der Waals surface area contributed by atoms with Crippen LogP contribution in [0.25, 0.3) is 0 Å². The van der Waals surface area contributed by atoms with E-state index in [1.165, 1.54) is 10.4 Å². The molecule has 4 nitrogen and oxygen atoms in total. The fraction of sp³-hybridized carbons (Fsp3) is 0.583. The molecule has 1 fully saturated rings. The summed E-state index contributed by atoms with van der Waals surface area (Å²) < 4.78 is 0. The zero-order valence-electron chi connectivity index (χ0n) is 9.79. The molecule has 3 rings (SSSR count). The number of carbonyl (C=O) groups is 1. The van der Waals surface area contributed by atoms with Crippen molar-refractivity contribution < 1.29 is 4.79 Å². The Labute approximate surface area is 105 Å². The van der Waals surface area contributed by atoms with E-state index in [1.807, 2.05) is 4.90 Å². The van der Waals surface area contributed by atoms with E-state index in [2.05, 4.69) is 16.7 Å². The van der Waals surface area contributed by atoms with Crippen LogP contribution in [0.2, 0.25) is 0 Å². The molecule has 0 atom stereocenters. The van der Waals surface area contributed by atoms with Gasteiger partial charge >= 0.3 is 0 Å². The summed E-state index contributed by atoms with van der Waals surface area (Å²) in [4.78, 5) is 16.6. The number of fused-ring (bicyclic) bond motifs is 1. The third kappa shape index (κ3) is 2.22. The van der Waals surface area contributed by atoms with Crippen LogP contribution in [0.5, 0.6) is 0 Å². The molecule has 3 heterocycles. The zero-order chi connectivity index (χ0) is 11.7. The van der Waals surface area contributed by atoms with Crippen molar-refractivity contribution in [2.75, 3.05) is 32.7 Å². The van der Waals surface area contributed by atoms with Crippen molar-refractivity contribution in [2.45, 2.75) is 13.0 Å². The average Bonchev–Trinajstić information content (AvgIpc) is 2.82. The molecular weight excluding hydrogens is 234 g/mol. The molecule has 0 aromatic carbocycles. The zero-order valence-corrected chi connectivity index (χ0v) is 10.6. The normalized spacial score (nSPS) is 20.1. The smallest absolute Gasteiger partial charge is 0.264 e. The van der Waals surface area contributed by atoms with Gasteiger partial charge < -0.3 is 15.5 Å². The number of nitrogens with zero attached hydrogens (tertiary/aromatic N) is 1. The molecule has 1 amide bonds. The number of rotatable bonds is 1. The lowest BCUT2D eigenvalue weighted by Crippen LogP contribution is -2.46. The van der Waals surface area contributed by atoms with Crippen LogP contribution >= 0.6 is 11.3 Å². The lowest BCUT2D eigenvalue weighted by Gasteiger charge is -2.26. The van der Waals surface area contributed by atoms with Crippen molar-refractivity contribution in [3.05, 3.63) is 21.4 Å². The fourth-order valence-corrected chi connectivity index (χ4v) is 3.53. The SMILES string of the molecule is O=C(c1cc2c(s1)CCNC2)N1CCNCC1. The molecule has 0 bridgehead atoms. The summed E-state index contributed by atoms with van der Waals surface area (Å²) in [5.41, 5.74) is 1.32. The quantitative estimate of drug-likeness (QED) is 0.761. The Morgan fingerprint density at radius 1 is 1.24 bits per heavy atom. The van der Waals surface area contributed by atoms with E-state index in [4.69, 9.17) is 0 Å². The standard InChI is InChI=1S/C12H17N3OS/c16-12(15-5-3-13-4-6-15)11-7-9-8-14-2-1-10(9)17-11/h7,13-14H,1-6,8H2. The predicted octanol–water partition coefficient (Wildman–Crippen LogP) is 0.439. The van der Waals surface area contributed by atoms with Gasteiger partial charge in [-0.25, -0.2) is 0 Å². The summed E-state index contributed by atoms with van der Waals surface area (Å²) >= 11 is 1.69. The maximum absolute atomic E-state index is 12.3. The Morgan fingerprint density at radius 3 is 2.82 bits per heavy atom. The van der Waals surface area contributed by atoms with Gasteiger partial charge in [-0.2, -0.15) is 0 Å².